The van der Waals surface area contributed by atoms with Gasteiger partial charge in [0.1, 0.15) is 11.6 Å². The molecular weight excluding hydrogens is 300 g/mol. The molecule has 0 spiro atoms. The number of piperidine rings is 1. The first-order valence-corrected chi connectivity index (χ1v) is 6.82. The molecule has 0 radical (unpaired) electrons. The fourth-order valence-corrected chi connectivity index (χ4v) is 2.72. The predicted molar refractivity (Wildman–Crippen MR) is 81.1 cm³/mol. The van der Waals surface area contributed by atoms with Gasteiger partial charge in [-0.25, -0.2) is 9.37 Å². The van der Waals surface area contributed by atoms with Crippen molar-refractivity contribution in [3.63, 3.8) is 0 Å². The molecule has 1 aliphatic rings. The van der Waals surface area contributed by atoms with Crippen LogP contribution in [0.15, 0.2) is 24.4 Å². The lowest BCUT2D eigenvalue weighted by Gasteiger charge is -2.20. The van der Waals surface area contributed by atoms with Crippen LogP contribution in [0, 0.1) is 5.82 Å². The van der Waals surface area contributed by atoms with Crippen LogP contribution in [-0.2, 0) is 0 Å². The second kappa shape index (κ2) is 6.57. The average molecular weight is 316 g/mol. The second-order valence-electron chi connectivity index (χ2n) is 4.86. The van der Waals surface area contributed by atoms with Crippen molar-refractivity contribution in [3.8, 4) is 11.3 Å². The summed E-state index contributed by atoms with van der Waals surface area (Å²) in [6, 6.07) is 4.51. The Morgan fingerprint density at radius 3 is 2.65 bits per heavy atom. The number of imidazole rings is 1. The number of halogens is 3. The molecule has 0 unspecified atom stereocenters. The van der Waals surface area contributed by atoms with E-state index in [4.69, 9.17) is 11.6 Å². The van der Waals surface area contributed by atoms with Crippen LogP contribution in [0.5, 0.6) is 0 Å². The molecule has 2 aromatic rings. The third-order valence-electron chi connectivity index (χ3n) is 3.49. The molecule has 0 amide bonds. The molecule has 0 saturated carbocycles. The number of rotatable bonds is 2. The minimum atomic E-state index is -0.333. The lowest BCUT2D eigenvalue weighted by molar-refractivity contribution is 0.447. The van der Waals surface area contributed by atoms with E-state index in [1.807, 2.05) is 0 Å². The van der Waals surface area contributed by atoms with Crippen molar-refractivity contribution >= 4 is 24.0 Å². The summed E-state index contributed by atoms with van der Waals surface area (Å²) in [6.07, 6.45) is 3.91. The van der Waals surface area contributed by atoms with E-state index in [9.17, 15) is 4.39 Å². The third-order valence-corrected chi connectivity index (χ3v) is 3.71. The summed E-state index contributed by atoms with van der Waals surface area (Å²) in [6.45, 7) is 2.04. The van der Waals surface area contributed by atoms with E-state index >= 15 is 0 Å². The molecule has 1 saturated heterocycles. The quantitative estimate of drug-likeness (QED) is 0.886. The van der Waals surface area contributed by atoms with Crippen LogP contribution in [-0.4, -0.2) is 23.1 Å². The zero-order valence-corrected chi connectivity index (χ0v) is 12.4. The van der Waals surface area contributed by atoms with E-state index in [0.29, 0.717) is 10.9 Å². The zero-order chi connectivity index (χ0) is 13.2. The first-order valence-electron chi connectivity index (χ1n) is 6.44. The first kappa shape index (κ1) is 15.3. The topological polar surface area (TPSA) is 40.7 Å². The van der Waals surface area contributed by atoms with Gasteiger partial charge < -0.3 is 10.3 Å². The largest absolute Gasteiger partial charge is 0.342 e. The third kappa shape index (κ3) is 3.32. The molecule has 1 aromatic heterocycles. The van der Waals surface area contributed by atoms with E-state index in [-0.39, 0.29) is 18.2 Å². The highest BCUT2D eigenvalue weighted by Crippen LogP contribution is 2.27. The van der Waals surface area contributed by atoms with Crippen molar-refractivity contribution in [2.75, 3.05) is 13.1 Å². The molecule has 0 atom stereocenters. The Hall–Kier alpha value is -1.10. The van der Waals surface area contributed by atoms with E-state index < -0.39 is 0 Å². The summed E-state index contributed by atoms with van der Waals surface area (Å²) in [5.74, 6) is 1.11. The van der Waals surface area contributed by atoms with Crippen molar-refractivity contribution < 1.29 is 4.39 Å². The number of H-pyrrole nitrogens is 1. The molecule has 3 rings (SSSR count). The van der Waals surface area contributed by atoms with E-state index in [0.717, 1.165) is 43.0 Å². The van der Waals surface area contributed by atoms with Crippen LogP contribution in [0.25, 0.3) is 11.3 Å². The van der Waals surface area contributed by atoms with Gasteiger partial charge in [-0.3, -0.25) is 0 Å². The van der Waals surface area contributed by atoms with Gasteiger partial charge in [-0.05, 0) is 44.1 Å². The summed E-state index contributed by atoms with van der Waals surface area (Å²) in [4.78, 5) is 7.72. The highest BCUT2D eigenvalue weighted by atomic mass is 35.5. The summed E-state index contributed by atoms with van der Waals surface area (Å²) >= 11 is 5.87. The summed E-state index contributed by atoms with van der Waals surface area (Å²) in [5.41, 5.74) is 1.55. The Balaban J connectivity index is 0.00000147. The highest BCUT2D eigenvalue weighted by molar-refractivity contribution is 6.30. The SMILES string of the molecule is Cl.Fc1cc(Cl)cc(-c2cnc(C3CCNCC3)[nH]2)c1. The Morgan fingerprint density at radius 2 is 1.95 bits per heavy atom. The van der Waals surface area contributed by atoms with Crippen molar-refractivity contribution in [2.45, 2.75) is 18.8 Å². The molecule has 6 heteroatoms. The number of nitrogens with zero attached hydrogens (tertiary/aromatic N) is 1. The van der Waals surface area contributed by atoms with E-state index in [2.05, 4.69) is 15.3 Å². The van der Waals surface area contributed by atoms with Crippen LogP contribution >= 0.6 is 24.0 Å². The number of benzene rings is 1. The van der Waals surface area contributed by atoms with Crippen LogP contribution < -0.4 is 5.32 Å². The molecule has 2 heterocycles. The predicted octanol–water partition coefficient (Wildman–Crippen LogP) is 3.76. The lowest BCUT2D eigenvalue weighted by atomic mass is 9.98. The summed E-state index contributed by atoms with van der Waals surface area (Å²) in [5, 5.41) is 3.73. The number of nitrogens with one attached hydrogen (secondary N) is 2. The van der Waals surface area contributed by atoms with Gasteiger partial charge in [-0.2, -0.15) is 0 Å². The molecule has 3 nitrogen and oxygen atoms in total. The normalized spacial score (nSPS) is 15.9. The maximum atomic E-state index is 13.3. The summed E-state index contributed by atoms with van der Waals surface area (Å²) in [7, 11) is 0. The van der Waals surface area contributed by atoms with Crippen LogP contribution in [0.2, 0.25) is 5.02 Å². The molecule has 1 aliphatic heterocycles. The Labute approximate surface area is 128 Å². The highest BCUT2D eigenvalue weighted by Gasteiger charge is 2.18. The fourth-order valence-electron chi connectivity index (χ4n) is 2.50. The summed E-state index contributed by atoms with van der Waals surface area (Å²) < 4.78 is 13.3. The Kier molecular flexibility index (Phi) is 5.02. The lowest BCUT2D eigenvalue weighted by Crippen LogP contribution is -2.27. The van der Waals surface area contributed by atoms with Crippen LogP contribution in [0.4, 0.5) is 4.39 Å². The Bertz CT molecular complexity index is 559. The standard InChI is InChI=1S/C14H15ClFN3.ClH/c15-11-5-10(6-12(16)7-11)13-8-18-14(19-13)9-1-3-17-4-2-9;/h5-9,17H,1-4H2,(H,18,19);1H. The second-order valence-corrected chi connectivity index (χ2v) is 5.30. The van der Waals surface area contributed by atoms with E-state index in [1.165, 1.54) is 12.1 Å². The maximum Gasteiger partial charge on any atom is 0.125 e. The van der Waals surface area contributed by atoms with Gasteiger partial charge in [0.2, 0.25) is 0 Å². The molecule has 108 valence electrons. The Morgan fingerprint density at radius 1 is 1.20 bits per heavy atom. The smallest absolute Gasteiger partial charge is 0.125 e. The van der Waals surface area contributed by atoms with Crippen molar-refractivity contribution in [1.29, 1.82) is 0 Å². The molecular formula is C14H16Cl2FN3. The molecule has 20 heavy (non-hydrogen) atoms. The molecule has 0 aliphatic carbocycles. The average Bonchev–Trinajstić information content (AvgIpc) is 2.88. The van der Waals surface area contributed by atoms with Gasteiger partial charge >= 0.3 is 0 Å². The van der Waals surface area contributed by atoms with Crippen molar-refractivity contribution in [3.05, 3.63) is 41.1 Å². The molecule has 2 N–H and O–H groups in total. The fraction of sp³-hybridized carbons (Fsp3) is 0.357. The van der Waals surface area contributed by atoms with Crippen LogP contribution in [0.1, 0.15) is 24.6 Å². The minimum absolute atomic E-state index is 0. The van der Waals surface area contributed by atoms with Gasteiger partial charge in [0.15, 0.2) is 0 Å². The van der Waals surface area contributed by atoms with Gasteiger partial charge in [0.05, 0.1) is 11.9 Å². The van der Waals surface area contributed by atoms with Gasteiger partial charge in [0.25, 0.3) is 0 Å². The van der Waals surface area contributed by atoms with Crippen LogP contribution in [0.3, 0.4) is 0 Å². The van der Waals surface area contributed by atoms with Gasteiger partial charge in [-0.15, -0.1) is 12.4 Å². The van der Waals surface area contributed by atoms with E-state index in [1.54, 1.807) is 12.3 Å². The number of hydrogen-bond donors (Lipinski definition) is 2. The maximum absolute atomic E-state index is 13.3. The number of aromatic nitrogens is 2. The molecule has 0 bridgehead atoms. The molecule has 1 fully saturated rings. The van der Waals surface area contributed by atoms with Crippen molar-refractivity contribution in [2.24, 2.45) is 0 Å². The molecule has 1 aromatic carbocycles. The van der Waals surface area contributed by atoms with Gasteiger partial charge in [0, 0.05) is 16.5 Å². The number of hydrogen-bond acceptors (Lipinski definition) is 2. The first-order chi connectivity index (χ1) is 9.22. The van der Waals surface area contributed by atoms with Gasteiger partial charge in [-0.1, -0.05) is 11.6 Å². The monoisotopic (exact) mass is 315 g/mol. The van der Waals surface area contributed by atoms with Crippen molar-refractivity contribution in [1.82, 2.24) is 15.3 Å². The minimum Gasteiger partial charge on any atom is -0.342 e. The zero-order valence-electron chi connectivity index (χ0n) is 10.8. The number of aromatic amines is 1.